The van der Waals surface area contributed by atoms with Crippen LogP contribution >= 0.6 is 11.6 Å². The Kier molecular flexibility index (Phi) is 3.60. The van der Waals surface area contributed by atoms with Crippen LogP contribution in [0.1, 0.15) is 31.0 Å². The molecule has 0 spiro atoms. The van der Waals surface area contributed by atoms with Crippen LogP contribution in [0, 0.1) is 0 Å². The van der Waals surface area contributed by atoms with Gasteiger partial charge in [0.1, 0.15) is 6.17 Å². The van der Waals surface area contributed by atoms with Crippen LogP contribution < -0.4 is 5.32 Å². The Morgan fingerprint density at radius 3 is 2.93 bits per heavy atom. The van der Waals surface area contributed by atoms with Crippen molar-refractivity contribution >= 4 is 11.6 Å². The molecule has 1 nitrogen and oxygen atoms in total. The van der Waals surface area contributed by atoms with Gasteiger partial charge in [0.25, 0.3) is 0 Å². The Labute approximate surface area is 94.6 Å². The maximum absolute atomic E-state index is 13.9. The van der Waals surface area contributed by atoms with Crippen LogP contribution in [0.5, 0.6) is 0 Å². The van der Waals surface area contributed by atoms with Gasteiger partial charge in [0, 0.05) is 16.6 Å². The van der Waals surface area contributed by atoms with Crippen LogP contribution in [0.15, 0.2) is 24.3 Å². The number of hydrogen-bond donors (Lipinski definition) is 1. The molecule has 0 aromatic heterocycles. The van der Waals surface area contributed by atoms with Crippen molar-refractivity contribution in [1.82, 2.24) is 5.32 Å². The molecule has 0 amide bonds. The standard InChI is InChI=1S/C12H15ClFN/c13-11-6-2-1-5-10(11)12(14)8-9-4-3-7-15-9/h1-2,5-6,9,12,15H,3-4,7-8H2. The monoisotopic (exact) mass is 227 g/mol. The molecule has 1 aliphatic heterocycles. The predicted octanol–water partition coefficient (Wildman–Crippen LogP) is 3.49. The van der Waals surface area contributed by atoms with Crippen molar-refractivity contribution in [3.8, 4) is 0 Å². The van der Waals surface area contributed by atoms with Crippen molar-refractivity contribution in [2.75, 3.05) is 6.54 Å². The van der Waals surface area contributed by atoms with Gasteiger partial charge in [0.2, 0.25) is 0 Å². The molecule has 1 fully saturated rings. The number of rotatable bonds is 3. The Balaban J connectivity index is 2.00. The van der Waals surface area contributed by atoms with Crippen LogP contribution in [0.2, 0.25) is 5.02 Å². The molecule has 0 aliphatic carbocycles. The summed E-state index contributed by atoms with van der Waals surface area (Å²) in [5.41, 5.74) is 0.618. The first-order valence-corrected chi connectivity index (χ1v) is 5.77. The normalized spacial score (nSPS) is 22.9. The highest BCUT2D eigenvalue weighted by atomic mass is 35.5. The van der Waals surface area contributed by atoms with Crippen molar-refractivity contribution in [2.24, 2.45) is 0 Å². The van der Waals surface area contributed by atoms with Gasteiger partial charge in [0.15, 0.2) is 0 Å². The molecule has 1 aromatic rings. The van der Waals surface area contributed by atoms with E-state index in [0.29, 0.717) is 23.0 Å². The molecular formula is C12H15ClFN. The molecule has 2 unspecified atom stereocenters. The van der Waals surface area contributed by atoms with Crippen molar-refractivity contribution in [2.45, 2.75) is 31.5 Å². The highest BCUT2D eigenvalue weighted by Crippen LogP contribution is 2.30. The number of hydrogen-bond acceptors (Lipinski definition) is 1. The SMILES string of the molecule is FC(CC1CCCN1)c1ccccc1Cl. The lowest BCUT2D eigenvalue weighted by molar-refractivity contribution is 0.293. The first kappa shape index (κ1) is 10.9. The van der Waals surface area contributed by atoms with Gasteiger partial charge in [-0.05, 0) is 31.9 Å². The second-order valence-electron chi connectivity index (χ2n) is 4.02. The quantitative estimate of drug-likeness (QED) is 0.834. The summed E-state index contributed by atoms with van der Waals surface area (Å²) in [5, 5.41) is 3.82. The van der Waals surface area contributed by atoms with Crippen molar-refractivity contribution in [3.05, 3.63) is 34.9 Å². The average Bonchev–Trinajstić information content (AvgIpc) is 2.71. The second kappa shape index (κ2) is 4.95. The van der Waals surface area contributed by atoms with E-state index in [-0.39, 0.29) is 0 Å². The van der Waals surface area contributed by atoms with Crippen molar-refractivity contribution in [1.29, 1.82) is 0 Å². The number of halogens is 2. The first-order chi connectivity index (χ1) is 7.27. The van der Waals surface area contributed by atoms with E-state index in [9.17, 15) is 4.39 Å². The summed E-state index contributed by atoms with van der Waals surface area (Å²) in [6.45, 7) is 1.01. The summed E-state index contributed by atoms with van der Waals surface area (Å²) in [7, 11) is 0. The summed E-state index contributed by atoms with van der Waals surface area (Å²) in [5.74, 6) is 0. The first-order valence-electron chi connectivity index (χ1n) is 5.39. The molecule has 82 valence electrons. The Morgan fingerprint density at radius 2 is 2.27 bits per heavy atom. The number of benzene rings is 1. The third-order valence-electron chi connectivity index (χ3n) is 2.90. The van der Waals surface area contributed by atoms with Crippen molar-refractivity contribution < 1.29 is 4.39 Å². The molecule has 15 heavy (non-hydrogen) atoms. The Morgan fingerprint density at radius 1 is 1.47 bits per heavy atom. The topological polar surface area (TPSA) is 12.0 Å². The highest BCUT2D eigenvalue weighted by molar-refractivity contribution is 6.31. The fraction of sp³-hybridized carbons (Fsp3) is 0.500. The predicted molar refractivity (Wildman–Crippen MR) is 60.9 cm³/mol. The number of nitrogens with one attached hydrogen (secondary N) is 1. The molecule has 1 aliphatic rings. The largest absolute Gasteiger partial charge is 0.314 e. The van der Waals surface area contributed by atoms with E-state index >= 15 is 0 Å². The molecule has 2 rings (SSSR count). The van der Waals surface area contributed by atoms with Crippen LogP contribution in [-0.2, 0) is 0 Å². The maximum Gasteiger partial charge on any atom is 0.128 e. The van der Waals surface area contributed by atoms with E-state index in [4.69, 9.17) is 11.6 Å². The fourth-order valence-corrected chi connectivity index (χ4v) is 2.32. The minimum Gasteiger partial charge on any atom is -0.314 e. The summed E-state index contributed by atoms with van der Waals surface area (Å²) in [6, 6.07) is 7.48. The fourth-order valence-electron chi connectivity index (χ4n) is 2.06. The zero-order chi connectivity index (χ0) is 10.7. The molecule has 0 saturated carbocycles. The van der Waals surface area contributed by atoms with Gasteiger partial charge in [-0.2, -0.15) is 0 Å². The molecule has 1 N–H and O–H groups in total. The van der Waals surface area contributed by atoms with Gasteiger partial charge >= 0.3 is 0 Å². The van der Waals surface area contributed by atoms with Gasteiger partial charge in [-0.1, -0.05) is 29.8 Å². The minimum atomic E-state index is -0.950. The van der Waals surface area contributed by atoms with Gasteiger partial charge in [0.05, 0.1) is 0 Å². The van der Waals surface area contributed by atoms with Gasteiger partial charge in [-0.3, -0.25) is 0 Å². The highest BCUT2D eigenvalue weighted by Gasteiger charge is 2.21. The summed E-state index contributed by atoms with van der Waals surface area (Å²) < 4.78 is 13.9. The van der Waals surface area contributed by atoms with E-state index < -0.39 is 6.17 Å². The van der Waals surface area contributed by atoms with E-state index in [2.05, 4.69) is 5.32 Å². The zero-order valence-electron chi connectivity index (χ0n) is 8.55. The zero-order valence-corrected chi connectivity index (χ0v) is 9.30. The molecule has 1 heterocycles. The molecule has 0 bridgehead atoms. The van der Waals surface area contributed by atoms with Crippen LogP contribution in [0.3, 0.4) is 0 Å². The molecule has 1 saturated heterocycles. The van der Waals surface area contributed by atoms with Crippen LogP contribution in [0.25, 0.3) is 0 Å². The van der Waals surface area contributed by atoms with Gasteiger partial charge < -0.3 is 5.32 Å². The van der Waals surface area contributed by atoms with Crippen LogP contribution in [0.4, 0.5) is 4.39 Å². The number of alkyl halides is 1. The molecule has 0 radical (unpaired) electrons. The van der Waals surface area contributed by atoms with E-state index in [0.717, 1.165) is 19.4 Å². The molecule has 3 heteroatoms. The summed E-state index contributed by atoms with van der Waals surface area (Å²) >= 11 is 5.94. The third kappa shape index (κ3) is 2.70. The maximum atomic E-state index is 13.9. The second-order valence-corrected chi connectivity index (χ2v) is 4.43. The molecular weight excluding hydrogens is 213 g/mol. The summed E-state index contributed by atoms with van der Waals surface area (Å²) in [6.07, 6.45) is 1.81. The van der Waals surface area contributed by atoms with Gasteiger partial charge in [-0.25, -0.2) is 4.39 Å². The van der Waals surface area contributed by atoms with Crippen molar-refractivity contribution in [3.63, 3.8) is 0 Å². The Hall–Kier alpha value is -0.600. The van der Waals surface area contributed by atoms with E-state index in [1.165, 1.54) is 0 Å². The lowest BCUT2D eigenvalue weighted by atomic mass is 10.0. The van der Waals surface area contributed by atoms with E-state index in [1.54, 1.807) is 12.1 Å². The lowest BCUT2D eigenvalue weighted by Crippen LogP contribution is -2.22. The molecule has 1 aromatic carbocycles. The lowest BCUT2D eigenvalue weighted by Gasteiger charge is -2.15. The van der Waals surface area contributed by atoms with Gasteiger partial charge in [-0.15, -0.1) is 0 Å². The average molecular weight is 228 g/mol. The minimum absolute atomic E-state index is 0.316. The van der Waals surface area contributed by atoms with E-state index in [1.807, 2.05) is 12.1 Å². The van der Waals surface area contributed by atoms with Crippen LogP contribution in [-0.4, -0.2) is 12.6 Å². The smallest absolute Gasteiger partial charge is 0.128 e. The molecule has 2 atom stereocenters. The third-order valence-corrected chi connectivity index (χ3v) is 3.24. The Bertz CT molecular complexity index is 323. The summed E-state index contributed by atoms with van der Waals surface area (Å²) in [4.78, 5) is 0.